The molecule has 5 heteroatoms. The zero-order chi connectivity index (χ0) is 24.0. The molecule has 1 aliphatic heterocycles. The Bertz CT molecular complexity index is 1000. The highest BCUT2D eigenvalue weighted by atomic mass is 16.6. The molecular weight excluding hydrogens is 416 g/mol. The molecular formula is C28H38O5. The molecule has 4 aliphatic carbocycles. The smallest absolute Gasteiger partial charge is 0.334 e. The molecule has 0 bridgehead atoms. The fourth-order valence-electron chi connectivity index (χ4n) is 8.46. The summed E-state index contributed by atoms with van der Waals surface area (Å²) in [6, 6.07) is 0. The average molecular weight is 455 g/mol. The third-order valence-electron chi connectivity index (χ3n) is 10.8. The number of aliphatic hydroxyl groups is 2. The van der Waals surface area contributed by atoms with Gasteiger partial charge in [-0.05, 0) is 83.1 Å². The summed E-state index contributed by atoms with van der Waals surface area (Å²) in [5.74, 6) is -0.199. The molecule has 8 atom stereocenters. The molecule has 0 aromatic carbocycles. The first-order valence-electron chi connectivity index (χ1n) is 12.6. The van der Waals surface area contributed by atoms with Gasteiger partial charge in [-0.1, -0.05) is 30.7 Å². The van der Waals surface area contributed by atoms with Crippen molar-refractivity contribution in [3.63, 3.8) is 0 Å². The van der Waals surface area contributed by atoms with E-state index in [4.69, 9.17) is 4.74 Å². The van der Waals surface area contributed by atoms with Crippen LogP contribution in [-0.2, 0) is 14.3 Å². The summed E-state index contributed by atoms with van der Waals surface area (Å²) in [7, 11) is 0. The van der Waals surface area contributed by atoms with Gasteiger partial charge in [-0.3, -0.25) is 4.79 Å². The van der Waals surface area contributed by atoms with Crippen molar-refractivity contribution < 1.29 is 24.5 Å². The number of carbonyl (C=O) groups excluding carboxylic acids is 2. The highest BCUT2D eigenvalue weighted by Crippen LogP contribution is 2.68. The number of hydrogen-bond donors (Lipinski definition) is 2. The Labute approximate surface area is 197 Å². The summed E-state index contributed by atoms with van der Waals surface area (Å²) in [5, 5.41) is 24.2. The number of cyclic esters (lactones) is 1. The van der Waals surface area contributed by atoms with E-state index in [-0.39, 0.29) is 29.5 Å². The number of rotatable bonds is 2. The van der Waals surface area contributed by atoms with Gasteiger partial charge in [0.05, 0.1) is 11.0 Å². The lowest BCUT2D eigenvalue weighted by atomic mass is 9.45. The highest BCUT2D eigenvalue weighted by molar-refractivity contribution is 5.92. The van der Waals surface area contributed by atoms with E-state index in [1.54, 1.807) is 13.8 Å². The second-order valence-electron chi connectivity index (χ2n) is 12.0. The quantitative estimate of drug-likeness (QED) is 0.603. The second-order valence-corrected chi connectivity index (χ2v) is 12.0. The molecule has 5 aliphatic rings. The number of carbonyl (C=O) groups is 2. The van der Waals surface area contributed by atoms with Gasteiger partial charge in [-0.15, -0.1) is 0 Å². The molecule has 33 heavy (non-hydrogen) atoms. The maximum absolute atomic E-state index is 13.1. The van der Waals surface area contributed by atoms with Gasteiger partial charge in [0.15, 0.2) is 0 Å². The van der Waals surface area contributed by atoms with E-state index in [0.29, 0.717) is 31.3 Å². The van der Waals surface area contributed by atoms with E-state index in [1.807, 2.05) is 13.0 Å². The van der Waals surface area contributed by atoms with Crippen LogP contribution >= 0.6 is 0 Å². The lowest BCUT2D eigenvalue weighted by Gasteiger charge is -2.61. The van der Waals surface area contributed by atoms with Crippen molar-refractivity contribution in [3.05, 3.63) is 34.9 Å². The van der Waals surface area contributed by atoms with Gasteiger partial charge in [-0.2, -0.15) is 0 Å². The molecule has 1 heterocycles. The predicted molar refractivity (Wildman–Crippen MR) is 125 cm³/mol. The first-order valence-corrected chi connectivity index (χ1v) is 12.6. The van der Waals surface area contributed by atoms with Crippen LogP contribution in [0, 0.1) is 28.6 Å². The van der Waals surface area contributed by atoms with E-state index < -0.39 is 28.1 Å². The standard InChI is InChI=1S/C28H38O5/c1-16-15-23(33-24(30)17(16)2)27(5,31)21-12-14-28(32)20-10-9-18-7-6-8-22(29)26(18,4)19(20)11-13-25(21,28)3/h6-7,9,19-21,23,31-32H,8,10-15H2,1-5H3. The minimum absolute atomic E-state index is 0.0148. The van der Waals surface area contributed by atoms with Crippen LogP contribution in [0.15, 0.2) is 34.9 Å². The van der Waals surface area contributed by atoms with Gasteiger partial charge >= 0.3 is 5.97 Å². The molecule has 2 N–H and O–H groups in total. The zero-order valence-electron chi connectivity index (χ0n) is 20.6. The summed E-state index contributed by atoms with van der Waals surface area (Å²) < 4.78 is 5.72. The van der Waals surface area contributed by atoms with Gasteiger partial charge in [-0.25, -0.2) is 4.79 Å². The highest BCUT2D eigenvalue weighted by Gasteiger charge is 2.70. The minimum Gasteiger partial charge on any atom is -0.456 e. The number of fused-ring (bicyclic) bond motifs is 5. The predicted octanol–water partition coefficient (Wildman–Crippen LogP) is 4.43. The SMILES string of the molecule is CC1=C(C)C(=O)OC(C(C)(O)C2CCC3(O)C4CC=C5C=CCC(=O)C5(C)C4CCC23C)C1. The van der Waals surface area contributed by atoms with E-state index >= 15 is 0 Å². The number of allylic oxidation sites excluding steroid dienone is 4. The van der Waals surface area contributed by atoms with Crippen LogP contribution in [0.5, 0.6) is 0 Å². The molecule has 2 fully saturated rings. The topological polar surface area (TPSA) is 83.8 Å². The van der Waals surface area contributed by atoms with Gasteiger partial charge in [0.1, 0.15) is 17.5 Å². The van der Waals surface area contributed by atoms with E-state index in [2.05, 4.69) is 26.0 Å². The average Bonchev–Trinajstić information content (AvgIpc) is 3.04. The third-order valence-corrected chi connectivity index (χ3v) is 10.8. The number of esters is 1. The molecule has 180 valence electrons. The van der Waals surface area contributed by atoms with E-state index in [0.717, 1.165) is 30.4 Å². The van der Waals surface area contributed by atoms with Crippen LogP contribution in [0.2, 0.25) is 0 Å². The fourth-order valence-corrected chi connectivity index (χ4v) is 8.46. The maximum Gasteiger partial charge on any atom is 0.334 e. The Morgan fingerprint density at radius 2 is 1.85 bits per heavy atom. The maximum atomic E-state index is 13.1. The van der Waals surface area contributed by atoms with Gasteiger partial charge in [0.25, 0.3) is 0 Å². The summed E-state index contributed by atoms with van der Waals surface area (Å²) in [5.41, 5.74) is -0.554. The van der Waals surface area contributed by atoms with Gasteiger partial charge in [0.2, 0.25) is 0 Å². The number of ether oxygens (including phenoxy) is 1. The lowest BCUT2D eigenvalue weighted by molar-refractivity contribution is -0.214. The van der Waals surface area contributed by atoms with Crippen molar-refractivity contribution in [3.8, 4) is 0 Å². The lowest BCUT2D eigenvalue weighted by Crippen LogP contribution is -2.64. The summed E-state index contributed by atoms with van der Waals surface area (Å²) in [4.78, 5) is 25.5. The Kier molecular flexibility index (Phi) is 4.99. The third kappa shape index (κ3) is 2.84. The zero-order valence-corrected chi connectivity index (χ0v) is 20.6. The molecule has 2 saturated carbocycles. The number of Topliss-reactive ketones (excluding diaryl/α,β-unsaturated/α-hetero) is 1. The van der Waals surface area contributed by atoms with Crippen molar-refractivity contribution in [1.29, 1.82) is 0 Å². The molecule has 8 unspecified atom stereocenters. The van der Waals surface area contributed by atoms with Crippen LogP contribution in [0.4, 0.5) is 0 Å². The molecule has 0 spiro atoms. The van der Waals surface area contributed by atoms with Crippen molar-refractivity contribution in [1.82, 2.24) is 0 Å². The monoisotopic (exact) mass is 454 g/mol. The van der Waals surface area contributed by atoms with Gasteiger partial charge < -0.3 is 14.9 Å². The Hall–Kier alpha value is -1.72. The van der Waals surface area contributed by atoms with Crippen LogP contribution in [0.1, 0.15) is 79.6 Å². The van der Waals surface area contributed by atoms with Crippen molar-refractivity contribution in [2.24, 2.45) is 28.6 Å². The molecule has 0 saturated heterocycles. The Morgan fingerprint density at radius 1 is 1.12 bits per heavy atom. The number of hydrogen-bond acceptors (Lipinski definition) is 5. The Balaban J connectivity index is 1.49. The molecule has 5 rings (SSSR count). The van der Waals surface area contributed by atoms with Crippen molar-refractivity contribution in [2.75, 3.05) is 0 Å². The summed E-state index contributed by atoms with van der Waals surface area (Å²) >= 11 is 0. The first-order chi connectivity index (χ1) is 15.4. The van der Waals surface area contributed by atoms with Crippen molar-refractivity contribution >= 4 is 11.8 Å². The minimum atomic E-state index is -1.24. The largest absolute Gasteiger partial charge is 0.456 e. The summed E-state index contributed by atoms with van der Waals surface area (Å²) in [6.07, 6.45) is 10.2. The normalized spacial score (nSPS) is 46.7. The first kappa shape index (κ1) is 23.0. The molecule has 0 aromatic rings. The number of ketones is 1. The van der Waals surface area contributed by atoms with E-state index in [1.165, 1.54) is 0 Å². The van der Waals surface area contributed by atoms with Crippen LogP contribution < -0.4 is 0 Å². The van der Waals surface area contributed by atoms with E-state index in [9.17, 15) is 19.8 Å². The van der Waals surface area contributed by atoms with Crippen LogP contribution in [0.25, 0.3) is 0 Å². The molecule has 0 aromatic heterocycles. The van der Waals surface area contributed by atoms with Crippen molar-refractivity contribution in [2.45, 2.75) is 96.9 Å². The summed E-state index contributed by atoms with van der Waals surface area (Å²) in [6.45, 7) is 9.70. The fraction of sp³-hybridized carbons (Fsp3) is 0.714. The molecule has 0 radical (unpaired) electrons. The molecule has 0 amide bonds. The van der Waals surface area contributed by atoms with Crippen LogP contribution in [0.3, 0.4) is 0 Å². The second kappa shape index (κ2) is 7.14. The Morgan fingerprint density at radius 3 is 2.55 bits per heavy atom. The molecule has 5 nitrogen and oxygen atoms in total. The van der Waals surface area contributed by atoms with Gasteiger partial charge in [0, 0.05) is 23.8 Å². The van der Waals surface area contributed by atoms with Crippen LogP contribution in [-0.4, -0.2) is 39.3 Å².